The number of carbonyl (C=O) groups is 1. The second kappa shape index (κ2) is 7.20. The molecule has 5 heteroatoms. The molecule has 4 rings (SSSR count). The van der Waals surface area contributed by atoms with E-state index in [-0.39, 0.29) is 23.5 Å². The zero-order chi connectivity index (χ0) is 17.9. The SMILES string of the molecule is O=C(c1ccc(-c2ccccc2F)o1)N(Cc1ccco1)C1CCCC1. The predicted octanol–water partition coefficient (Wildman–Crippen LogP) is 5.26. The zero-order valence-electron chi connectivity index (χ0n) is 14.4. The molecule has 0 spiro atoms. The van der Waals surface area contributed by atoms with Gasteiger partial charge in [-0.15, -0.1) is 0 Å². The van der Waals surface area contributed by atoms with Crippen LogP contribution in [0.25, 0.3) is 11.3 Å². The maximum atomic E-state index is 14.0. The van der Waals surface area contributed by atoms with Crippen LogP contribution in [0.15, 0.2) is 63.6 Å². The molecule has 0 bridgehead atoms. The largest absolute Gasteiger partial charge is 0.467 e. The van der Waals surface area contributed by atoms with Gasteiger partial charge in [0.05, 0.1) is 18.4 Å². The maximum absolute atomic E-state index is 14.0. The van der Waals surface area contributed by atoms with Crippen LogP contribution in [0.3, 0.4) is 0 Å². The molecule has 1 amide bonds. The lowest BCUT2D eigenvalue weighted by molar-refractivity contribution is 0.0617. The highest BCUT2D eigenvalue weighted by Crippen LogP contribution is 2.29. The average molecular weight is 353 g/mol. The first-order valence-electron chi connectivity index (χ1n) is 8.90. The highest BCUT2D eigenvalue weighted by Gasteiger charge is 2.30. The molecule has 4 nitrogen and oxygen atoms in total. The van der Waals surface area contributed by atoms with E-state index in [2.05, 4.69) is 0 Å². The van der Waals surface area contributed by atoms with Gasteiger partial charge in [0.2, 0.25) is 0 Å². The lowest BCUT2D eigenvalue weighted by atomic mass is 10.1. The summed E-state index contributed by atoms with van der Waals surface area (Å²) in [7, 11) is 0. The second-order valence-corrected chi connectivity index (χ2v) is 6.59. The molecule has 0 atom stereocenters. The van der Waals surface area contributed by atoms with Crippen LogP contribution in [0.5, 0.6) is 0 Å². The molecule has 0 N–H and O–H groups in total. The standard InChI is InChI=1S/C21H20FNO3/c22-18-10-4-3-9-17(18)19-11-12-20(26-19)21(24)23(15-6-1-2-7-15)14-16-8-5-13-25-16/h3-5,8-13,15H,1-2,6-7,14H2. The summed E-state index contributed by atoms with van der Waals surface area (Å²) in [6, 6.07) is 13.5. The number of hydrogen-bond acceptors (Lipinski definition) is 3. The van der Waals surface area contributed by atoms with E-state index in [1.54, 1.807) is 36.6 Å². The van der Waals surface area contributed by atoms with E-state index in [1.807, 2.05) is 17.0 Å². The van der Waals surface area contributed by atoms with E-state index in [1.165, 1.54) is 6.07 Å². The van der Waals surface area contributed by atoms with Crippen molar-refractivity contribution in [3.8, 4) is 11.3 Å². The third-order valence-electron chi connectivity index (χ3n) is 4.89. The fourth-order valence-corrected chi connectivity index (χ4v) is 3.55. The summed E-state index contributed by atoms with van der Waals surface area (Å²) in [5.41, 5.74) is 0.352. The van der Waals surface area contributed by atoms with Gasteiger partial charge in [-0.05, 0) is 49.2 Å². The van der Waals surface area contributed by atoms with Crippen LogP contribution >= 0.6 is 0 Å². The van der Waals surface area contributed by atoms with Crippen molar-refractivity contribution in [1.82, 2.24) is 4.90 Å². The average Bonchev–Trinajstić information content (AvgIpc) is 3.41. The molecule has 1 aliphatic rings. The van der Waals surface area contributed by atoms with Crippen molar-refractivity contribution in [2.75, 3.05) is 0 Å². The number of amides is 1. The molecular formula is C21H20FNO3. The van der Waals surface area contributed by atoms with Crippen LogP contribution < -0.4 is 0 Å². The number of furan rings is 2. The Bertz CT molecular complexity index is 878. The normalized spacial score (nSPS) is 14.7. The Morgan fingerprint density at radius 2 is 1.88 bits per heavy atom. The number of halogens is 1. The quantitative estimate of drug-likeness (QED) is 0.628. The van der Waals surface area contributed by atoms with Crippen molar-refractivity contribution in [1.29, 1.82) is 0 Å². The summed E-state index contributed by atoms with van der Waals surface area (Å²) in [5, 5.41) is 0. The molecule has 0 aliphatic heterocycles. The topological polar surface area (TPSA) is 46.6 Å². The third kappa shape index (κ3) is 3.29. The van der Waals surface area contributed by atoms with E-state index in [0.717, 1.165) is 31.4 Å². The first-order valence-corrected chi connectivity index (χ1v) is 8.90. The smallest absolute Gasteiger partial charge is 0.290 e. The maximum Gasteiger partial charge on any atom is 0.290 e. The number of rotatable bonds is 5. The van der Waals surface area contributed by atoms with Crippen LogP contribution in [0.4, 0.5) is 4.39 Å². The van der Waals surface area contributed by atoms with Crippen molar-refractivity contribution in [2.24, 2.45) is 0 Å². The van der Waals surface area contributed by atoms with Gasteiger partial charge in [-0.25, -0.2) is 4.39 Å². The first kappa shape index (κ1) is 16.6. The van der Waals surface area contributed by atoms with E-state index < -0.39 is 0 Å². The molecule has 1 saturated carbocycles. The van der Waals surface area contributed by atoms with Crippen LogP contribution in [0, 0.1) is 5.82 Å². The van der Waals surface area contributed by atoms with Crippen LogP contribution in [-0.2, 0) is 6.54 Å². The molecule has 134 valence electrons. The molecule has 3 aromatic rings. The molecule has 26 heavy (non-hydrogen) atoms. The minimum Gasteiger partial charge on any atom is -0.467 e. The monoisotopic (exact) mass is 353 g/mol. The summed E-state index contributed by atoms with van der Waals surface area (Å²) in [5.74, 6) is 0.767. The Morgan fingerprint density at radius 1 is 1.08 bits per heavy atom. The molecule has 0 radical (unpaired) electrons. The first-order chi connectivity index (χ1) is 12.7. The van der Waals surface area contributed by atoms with Gasteiger partial charge in [0.25, 0.3) is 5.91 Å². The van der Waals surface area contributed by atoms with Crippen molar-refractivity contribution < 1.29 is 18.0 Å². The number of carbonyl (C=O) groups excluding carboxylic acids is 1. The van der Waals surface area contributed by atoms with E-state index in [0.29, 0.717) is 17.9 Å². The van der Waals surface area contributed by atoms with Crippen LogP contribution in [0.2, 0.25) is 0 Å². The van der Waals surface area contributed by atoms with Gasteiger partial charge in [-0.3, -0.25) is 4.79 Å². The minimum atomic E-state index is -0.371. The van der Waals surface area contributed by atoms with E-state index in [9.17, 15) is 9.18 Å². The Hall–Kier alpha value is -2.82. The summed E-state index contributed by atoms with van der Waals surface area (Å²) < 4.78 is 25.1. The van der Waals surface area contributed by atoms with Crippen molar-refractivity contribution in [2.45, 2.75) is 38.3 Å². The minimum absolute atomic E-state index is 0.176. The Labute approximate surface area is 151 Å². The molecule has 2 heterocycles. The molecule has 2 aromatic heterocycles. The third-order valence-corrected chi connectivity index (χ3v) is 4.89. The molecule has 1 aromatic carbocycles. The van der Waals surface area contributed by atoms with Gasteiger partial charge >= 0.3 is 0 Å². The van der Waals surface area contributed by atoms with Gasteiger partial charge in [-0.1, -0.05) is 25.0 Å². The fraction of sp³-hybridized carbons (Fsp3) is 0.286. The lowest BCUT2D eigenvalue weighted by Crippen LogP contribution is -2.38. The van der Waals surface area contributed by atoms with Crippen molar-refractivity contribution in [3.05, 3.63) is 72.1 Å². The molecule has 0 saturated heterocycles. The number of hydrogen-bond donors (Lipinski definition) is 0. The van der Waals surface area contributed by atoms with Crippen LogP contribution in [-0.4, -0.2) is 16.8 Å². The van der Waals surface area contributed by atoms with Gasteiger partial charge < -0.3 is 13.7 Å². The van der Waals surface area contributed by atoms with Crippen LogP contribution in [0.1, 0.15) is 42.0 Å². The predicted molar refractivity (Wildman–Crippen MR) is 94.9 cm³/mol. The second-order valence-electron chi connectivity index (χ2n) is 6.59. The number of benzene rings is 1. The Balaban J connectivity index is 1.60. The highest BCUT2D eigenvalue weighted by atomic mass is 19.1. The van der Waals surface area contributed by atoms with Gasteiger partial charge in [0, 0.05) is 6.04 Å². The highest BCUT2D eigenvalue weighted by molar-refractivity contribution is 5.92. The lowest BCUT2D eigenvalue weighted by Gasteiger charge is -2.27. The Morgan fingerprint density at radius 3 is 2.62 bits per heavy atom. The number of nitrogens with zero attached hydrogens (tertiary/aromatic N) is 1. The van der Waals surface area contributed by atoms with Crippen molar-refractivity contribution >= 4 is 5.91 Å². The van der Waals surface area contributed by atoms with E-state index in [4.69, 9.17) is 8.83 Å². The van der Waals surface area contributed by atoms with E-state index >= 15 is 0 Å². The molecule has 1 fully saturated rings. The molecular weight excluding hydrogens is 333 g/mol. The Kier molecular flexibility index (Phi) is 4.61. The van der Waals surface area contributed by atoms with Gasteiger partial charge in [0.15, 0.2) is 5.76 Å². The van der Waals surface area contributed by atoms with Gasteiger partial charge in [-0.2, -0.15) is 0 Å². The summed E-state index contributed by atoms with van der Waals surface area (Å²) >= 11 is 0. The molecule has 0 unspecified atom stereocenters. The summed E-state index contributed by atoms with van der Waals surface area (Å²) in [4.78, 5) is 14.9. The summed E-state index contributed by atoms with van der Waals surface area (Å²) in [6.07, 6.45) is 5.80. The fourth-order valence-electron chi connectivity index (χ4n) is 3.55. The zero-order valence-corrected chi connectivity index (χ0v) is 14.4. The summed E-state index contributed by atoms with van der Waals surface area (Å²) in [6.45, 7) is 0.409. The van der Waals surface area contributed by atoms with Gasteiger partial charge in [0.1, 0.15) is 17.3 Å². The van der Waals surface area contributed by atoms with Crippen molar-refractivity contribution in [3.63, 3.8) is 0 Å². The molecule has 1 aliphatic carbocycles.